The van der Waals surface area contributed by atoms with Crippen LogP contribution in [0.3, 0.4) is 0 Å². The van der Waals surface area contributed by atoms with Crippen LogP contribution in [0.15, 0.2) is 30.3 Å². The maximum Gasteiger partial charge on any atom is 0.0925 e. The fraction of sp³-hybridized carbons (Fsp3) is 0.462. The Hall–Kier alpha value is -1.31. The second-order valence-corrected chi connectivity index (χ2v) is 4.26. The number of nitrogens with zero attached hydrogens (tertiary/aromatic N) is 1. The van der Waals surface area contributed by atoms with Crippen LogP contribution in [0.4, 0.5) is 0 Å². The Morgan fingerprint density at radius 2 is 1.80 bits per heavy atom. The van der Waals surface area contributed by atoms with Crippen LogP contribution >= 0.6 is 0 Å². The summed E-state index contributed by atoms with van der Waals surface area (Å²) in [5.41, 5.74) is 1.46. The van der Waals surface area contributed by atoms with E-state index < -0.39 is 0 Å². The lowest BCUT2D eigenvalue weighted by atomic mass is 9.89. The molecule has 0 amide bonds. The lowest BCUT2D eigenvalue weighted by molar-refractivity contribution is 0.310. The van der Waals surface area contributed by atoms with E-state index in [-0.39, 0.29) is 0 Å². The van der Waals surface area contributed by atoms with Crippen molar-refractivity contribution in [3.05, 3.63) is 35.9 Å². The van der Waals surface area contributed by atoms with Crippen LogP contribution in [0.25, 0.3) is 0 Å². The maximum absolute atomic E-state index is 7.59. The maximum atomic E-state index is 7.59. The number of rotatable bonds is 1. The first-order valence-corrected chi connectivity index (χ1v) is 5.62. The van der Waals surface area contributed by atoms with Crippen LogP contribution in [0.1, 0.15) is 31.2 Å². The van der Waals surface area contributed by atoms with Crippen LogP contribution in [-0.2, 0) is 0 Å². The Labute approximate surface area is 91.4 Å². The van der Waals surface area contributed by atoms with E-state index >= 15 is 0 Å². The summed E-state index contributed by atoms with van der Waals surface area (Å²) in [6, 6.07) is 10.7. The molecule has 0 unspecified atom stereocenters. The molecular formula is C13H18N2. The fourth-order valence-electron chi connectivity index (χ4n) is 2.27. The molecule has 0 bridgehead atoms. The van der Waals surface area contributed by atoms with Crippen molar-refractivity contribution in [1.29, 1.82) is 5.41 Å². The zero-order valence-corrected chi connectivity index (χ0v) is 9.24. The van der Waals surface area contributed by atoms with Crippen LogP contribution in [0.2, 0.25) is 0 Å². The number of hydrogen-bond acceptors (Lipinski definition) is 1. The summed E-state index contributed by atoms with van der Waals surface area (Å²) in [6.07, 6.45) is 2.36. The zero-order chi connectivity index (χ0) is 10.7. The third kappa shape index (κ3) is 2.38. The van der Waals surface area contributed by atoms with Crippen LogP contribution in [-0.4, -0.2) is 23.8 Å². The molecule has 0 spiro atoms. The van der Waals surface area contributed by atoms with Crippen molar-refractivity contribution in [2.75, 3.05) is 13.1 Å². The molecule has 0 aliphatic carbocycles. The average Bonchev–Trinajstić information content (AvgIpc) is 2.30. The van der Waals surface area contributed by atoms with Gasteiger partial charge in [-0.15, -0.1) is 0 Å². The Morgan fingerprint density at radius 3 is 2.33 bits per heavy atom. The first-order chi connectivity index (χ1) is 7.27. The summed E-state index contributed by atoms with van der Waals surface area (Å²) in [7, 11) is 0. The highest BCUT2D eigenvalue weighted by atomic mass is 15.2. The van der Waals surface area contributed by atoms with E-state index in [9.17, 15) is 0 Å². The molecule has 1 aromatic rings. The van der Waals surface area contributed by atoms with Crippen LogP contribution in [0, 0.1) is 5.41 Å². The summed E-state index contributed by atoms with van der Waals surface area (Å²) in [6.45, 7) is 3.95. The fourth-order valence-corrected chi connectivity index (χ4v) is 2.27. The van der Waals surface area contributed by atoms with E-state index in [1.807, 2.05) is 6.92 Å². The number of nitrogens with one attached hydrogen (secondary N) is 1. The molecule has 1 fully saturated rings. The van der Waals surface area contributed by atoms with E-state index in [4.69, 9.17) is 5.41 Å². The summed E-state index contributed by atoms with van der Waals surface area (Å²) < 4.78 is 0. The molecule has 0 aromatic heterocycles. The second kappa shape index (κ2) is 4.47. The topological polar surface area (TPSA) is 27.1 Å². The third-order valence-corrected chi connectivity index (χ3v) is 3.24. The van der Waals surface area contributed by atoms with E-state index in [1.165, 1.54) is 18.4 Å². The van der Waals surface area contributed by atoms with Gasteiger partial charge in [0.15, 0.2) is 0 Å². The molecular weight excluding hydrogens is 184 g/mol. The molecule has 0 atom stereocenters. The number of hydrogen-bond donors (Lipinski definition) is 1. The highest BCUT2D eigenvalue weighted by Crippen LogP contribution is 2.27. The monoisotopic (exact) mass is 202 g/mol. The van der Waals surface area contributed by atoms with Crippen molar-refractivity contribution < 1.29 is 0 Å². The summed E-state index contributed by atoms with van der Waals surface area (Å²) >= 11 is 0. The Kier molecular flexibility index (Phi) is 3.05. The van der Waals surface area contributed by atoms with E-state index in [0.717, 1.165) is 13.1 Å². The number of piperidine rings is 1. The smallest absolute Gasteiger partial charge is 0.0925 e. The molecule has 1 aromatic carbocycles. The number of likely N-dealkylation sites (tertiary alicyclic amines) is 1. The predicted octanol–water partition coefficient (Wildman–Crippen LogP) is 2.86. The molecule has 1 aliphatic heterocycles. The lowest BCUT2D eigenvalue weighted by Crippen LogP contribution is -2.35. The largest absolute Gasteiger partial charge is 0.361 e. The Bertz CT molecular complexity index is 324. The highest BCUT2D eigenvalue weighted by molar-refractivity contribution is 5.76. The SMILES string of the molecule is CC(=N)N1CCC(c2ccccc2)CC1. The van der Waals surface area contributed by atoms with Gasteiger partial charge in [0.05, 0.1) is 5.84 Å². The van der Waals surface area contributed by atoms with Gasteiger partial charge in [-0.1, -0.05) is 30.3 Å². The minimum absolute atomic E-state index is 0.696. The van der Waals surface area contributed by atoms with Crippen molar-refractivity contribution in [2.45, 2.75) is 25.7 Å². The first-order valence-electron chi connectivity index (χ1n) is 5.62. The molecule has 15 heavy (non-hydrogen) atoms. The van der Waals surface area contributed by atoms with Crippen molar-refractivity contribution in [3.63, 3.8) is 0 Å². The normalized spacial score (nSPS) is 17.8. The molecule has 1 saturated heterocycles. The van der Waals surface area contributed by atoms with Crippen molar-refractivity contribution >= 4 is 5.84 Å². The van der Waals surface area contributed by atoms with Gasteiger partial charge in [0.25, 0.3) is 0 Å². The third-order valence-electron chi connectivity index (χ3n) is 3.24. The lowest BCUT2D eigenvalue weighted by Gasteiger charge is -2.32. The van der Waals surface area contributed by atoms with E-state index in [2.05, 4.69) is 35.2 Å². The minimum atomic E-state index is 0.696. The van der Waals surface area contributed by atoms with Gasteiger partial charge < -0.3 is 4.90 Å². The zero-order valence-electron chi connectivity index (χ0n) is 9.24. The molecule has 80 valence electrons. The van der Waals surface area contributed by atoms with Gasteiger partial charge in [-0.05, 0) is 31.2 Å². The van der Waals surface area contributed by atoms with Crippen molar-refractivity contribution in [2.24, 2.45) is 0 Å². The van der Waals surface area contributed by atoms with Gasteiger partial charge in [-0.2, -0.15) is 0 Å². The number of benzene rings is 1. The molecule has 1 aliphatic rings. The van der Waals surface area contributed by atoms with Crippen molar-refractivity contribution in [1.82, 2.24) is 4.90 Å². The Balaban J connectivity index is 1.97. The quantitative estimate of drug-likeness (QED) is 0.550. The van der Waals surface area contributed by atoms with E-state index in [1.54, 1.807) is 0 Å². The van der Waals surface area contributed by atoms with Crippen LogP contribution < -0.4 is 0 Å². The van der Waals surface area contributed by atoms with Gasteiger partial charge in [-0.3, -0.25) is 5.41 Å². The van der Waals surface area contributed by atoms with Crippen LogP contribution in [0.5, 0.6) is 0 Å². The van der Waals surface area contributed by atoms with Gasteiger partial charge in [0.1, 0.15) is 0 Å². The molecule has 0 radical (unpaired) electrons. The number of amidine groups is 1. The first kappa shape index (κ1) is 10.2. The molecule has 2 heteroatoms. The second-order valence-electron chi connectivity index (χ2n) is 4.26. The van der Waals surface area contributed by atoms with Gasteiger partial charge in [-0.25, -0.2) is 0 Å². The molecule has 0 saturated carbocycles. The standard InChI is InChI=1S/C13H18N2/c1-11(14)15-9-7-13(8-10-15)12-5-3-2-4-6-12/h2-6,13-14H,7-10H2,1H3. The van der Waals surface area contributed by atoms with E-state index in [0.29, 0.717) is 11.8 Å². The predicted molar refractivity (Wildman–Crippen MR) is 63.4 cm³/mol. The van der Waals surface area contributed by atoms with Gasteiger partial charge in [0.2, 0.25) is 0 Å². The summed E-state index contributed by atoms with van der Waals surface area (Å²) in [5, 5.41) is 7.59. The summed E-state index contributed by atoms with van der Waals surface area (Å²) in [4.78, 5) is 2.17. The highest BCUT2D eigenvalue weighted by Gasteiger charge is 2.20. The van der Waals surface area contributed by atoms with Gasteiger partial charge >= 0.3 is 0 Å². The summed E-state index contributed by atoms with van der Waals surface area (Å²) in [5.74, 6) is 1.41. The molecule has 2 rings (SSSR count). The molecule has 1 heterocycles. The molecule has 2 nitrogen and oxygen atoms in total. The van der Waals surface area contributed by atoms with Crippen molar-refractivity contribution in [3.8, 4) is 0 Å². The average molecular weight is 202 g/mol. The molecule has 1 N–H and O–H groups in total. The Morgan fingerprint density at radius 1 is 1.20 bits per heavy atom. The minimum Gasteiger partial charge on any atom is -0.361 e. The van der Waals surface area contributed by atoms with Gasteiger partial charge in [0, 0.05) is 13.1 Å².